The molecule has 0 spiro atoms. The van der Waals surface area contributed by atoms with Gasteiger partial charge in [0, 0.05) is 24.9 Å². The number of carbonyl (C=O) groups excluding carboxylic acids is 3. The minimum absolute atomic E-state index is 0.169. The second kappa shape index (κ2) is 7.52. The topological polar surface area (TPSA) is 78.5 Å². The van der Waals surface area contributed by atoms with Gasteiger partial charge in [0.05, 0.1) is 12.2 Å². The molecule has 0 radical (unpaired) electrons. The van der Waals surface area contributed by atoms with Crippen LogP contribution < -0.4 is 10.6 Å². The molecule has 6 nitrogen and oxygen atoms in total. The van der Waals surface area contributed by atoms with Gasteiger partial charge in [-0.1, -0.05) is 18.2 Å². The molecule has 1 fully saturated rings. The van der Waals surface area contributed by atoms with Crippen LogP contribution in [0.3, 0.4) is 0 Å². The Morgan fingerprint density at radius 2 is 1.75 bits per heavy atom. The molecule has 2 aromatic carbocycles. The Kier molecular flexibility index (Phi) is 4.92. The van der Waals surface area contributed by atoms with Crippen molar-refractivity contribution in [3.63, 3.8) is 0 Å². The van der Waals surface area contributed by atoms with Crippen molar-refractivity contribution in [1.29, 1.82) is 0 Å². The van der Waals surface area contributed by atoms with Crippen molar-refractivity contribution in [2.45, 2.75) is 32.4 Å². The molecule has 0 bridgehead atoms. The normalized spacial score (nSPS) is 16.2. The first-order valence-electron chi connectivity index (χ1n) is 9.27. The number of halogens is 1. The molecule has 0 unspecified atom stereocenters. The molecule has 2 aliphatic rings. The largest absolute Gasteiger partial charge is 0.319 e. The maximum absolute atomic E-state index is 14.7. The van der Waals surface area contributed by atoms with Crippen LogP contribution in [0, 0.1) is 5.82 Å². The number of amides is 3. The van der Waals surface area contributed by atoms with E-state index in [0.29, 0.717) is 30.6 Å². The Balaban J connectivity index is 1.45. The van der Waals surface area contributed by atoms with Crippen LogP contribution in [0.4, 0.5) is 10.1 Å². The van der Waals surface area contributed by atoms with Gasteiger partial charge in [0.15, 0.2) is 0 Å². The molecular weight excluding hydrogens is 361 g/mol. The van der Waals surface area contributed by atoms with Crippen molar-refractivity contribution in [3.05, 3.63) is 64.5 Å². The van der Waals surface area contributed by atoms with Crippen molar-refractivity contribution < 1.29 is 18.8 Å². The summed E-state index contributed by atoms with van der Waals surface area (Å²) in [5.74, 6) is -1.14. The number of carbonyl (C=O) groups is 3. The number of hydrogen-bond donors (Lipinski definition) is 2. The fraction of sp³-hybridized carbons (Fsp3) is 0.286. The number of rotatable bonds is 4. The standard InChI is InChI=1S/C21H20FN3O3/c22-20-16-9-10-23-11-15(16)5-6-17(20)24-21(28)14-3-1-13(2-4-14)12-25-18(26)7-8-19(25)27/h1-6,23H,7-12H2,(H,24,28). The lowest BCUT2D eigenvalue weighted by molar-refractivity contribution is -0.139. The third kappa shape index (κ3) is 3.53. The summed E-state index contributed by atoms with van der Waals surface area (Å²) in [6, 6.07) is 10.0. The highest BCUT2D eigenvalue weighted by atomic mass is 19.1. The first-order valence-corrected chi connectivity index (χ1v) is 9.27. The predicted molar refractivity (Wildman–Crippen MR) is 101 cm³/mol. The van der Waals surface area contributed by atoms with Crippen LogP contribution in [0.1, 0.15) is 39.9 Å². The summed E-state index contributed by atoms with van der Waals surface area (Å²) in [7, 11) is 0. The zero-order chi connectivity index (χ0) is 19.7. The lowest BCUT2D eigenvalue weighted by atomic mass is 9.99. The maximum atomic E-state index is 14.7. The number of anilines is 1. The highest BCUT2D eigenvalue weighted by molar-refractivity contribution is 6.04. The van der Waals surface area contributed by atoms with E-state index in [1.54, 1.807) is 30.3 Å². The minimum atomic E-state index is -0.410. The van der Waals surface area contributed by atoms with Crippen molar-refractivity contribution in [2.75, 3.05) is 11.9 Å². The average molecular weight is 381 g/mol. The van der Waals surface area contributed by atoms with Crippen LogP contribution in [0.25, 0.3) is 0 Å². The van der Waals surface area contributed by atoms with Gasteiger partial charge < -0.3 is 10.6 Å². The minimum Gasteiger partial charge on any atom is -0.319 e. The van der Waals surface area contributed by atoms with E-state index in [1.165, 1.54) is 4.90 Å². The molecule has 0 saturated carbocycles. The van der Waals surface area contributed by atoms with Crippen molar-refractivity contribution >= 4 is 23.4 Å². The number of likely N-dealkylation sites (tertiary alicyclic amines) is 1. The summed E-state index contributed by atoms with van der Waals surface area (Å²) in [6.07, 6.45) is 1.09. The number of benzene rings is 2. The molecular formula is C21H20FN3O3. The Labute approximate surface area is 161 Å². The Bertz CT molecular complexity index is 940. The molecule has 7 heteroatoms. The summed E-state index contributed by atoms with van der Waals surface area (Å²) in [6.45, 7) is 1.54. The highest BCUT2D eigenvalue weighted by Crippen LogP contribution is 2.25. The first-order chi connectivity index (χ1) is 13.5. The molecule has 0 aromatic heterocycles. The number of nitrogens with zero attached hydrogens (tertiary/aromatic N) is 1. The highest BCUT2D eigenvalue weighted by Gasteiger charge is 2.28. The summed E-state index contributed by atoms with van der Waals surface area (Å²) >= 11 is 0. The summed E-state index contributed by atoms with van der Waals surface area (Å²) < 4.78 is 14.7. The van der Waals surface area contributed by atoms with E-state index < -0.39 is 5.91 Å². The molecule has 0 atom stereocenters. The Morgan fingerprint density at radius 3 is 2.46 bits per heavy atom. The van der Waals surface area contributed by atoms with Crippen LogP contribution in [0.15, 0.2) is 36.4 Å². The smallest absolute Gasteiger partial charge is 0.255 e. The lowest BCUT2D eigenvalue weighted by Crippen LogP contribution is -2.28. The van der Waals surface area contributed by atoms with E-state index in [-0.39, 0.29) is 42.7 Å². The van der Waals surface area contributed by atoms with Gasteiger partial charge in [-0.05, 0) is 47.9 Å². The fourth-order valence-corrected chi connectivity index (χ4v) is 3.57. The first kappa shape index (κ1) is 18.3. The van der Waals surface area contributed by atoms with E-state index in [1.807, 2.05) is 6.07 Å². The van der Waals surface area contributed by atoms with Crippen LogP contribution >= 0.6 is 0 Å². The number of fused-ring (bicyclic) bond motifs is 1. The second-order valence-corrected chi connectivity index (χ2v) is 7.02. The van der Waals surface area contributed by atoms with Crippen LogP contribution in [0.2, 0.25) is 0 Å². The monoisotopic (exact) mass is 381 g/mol. The summed E-state index contributed by atoms with van der Waals surface area (Å²) in [5.41, 5.74) is 2.86. The van der Waals surface area contributed by atoms with Crippen LogP contribution in [-0.2, 0) is 29.1 Å². The Morgan fingerprint density at radius 1 is 1.04 bits per heavy atom. The van der Waals surface area contributed by atoms with E-state index in [2.05, 4.69) is 10.6 Å². The third-order valence-corrected chi connectivity index (χ3v) is 5.17. The number of imide groups is 1. The SMILES string of the molecule is O=C(Nc1ccc2c(c1F)CCNC2)c1ccc(CN2C(=O)CCC2=O)cc1. The van der Waals surface area contributed by atoms with E-state index in [9.17, 15) is 18.8 Å². The second-order valence-electron chi connectivity index (χ2n) is 7.02. The fourth-order valence-electron chi connectivity index (χ4n) is 3.57. The van der Waals surface area contributed by atoms with E-state index in [4.69, 9.17) is 0 Å². The molecule has 28 heavy (non-hydrogen) atoms. The van der Waals surface area contributed by atoms with Gasteiger partial charge in [-0.25, -0.2) is 4.39 Å². The molecule has 1 saturated heterocycles. The quantitative estimate of drug-likeness (QED) is 0.797. The lowest BCUT2D eigenvalue weighted by Gasteiger charge is -2.19. The molecule has 144 valence electrons. The van der Waals surface area contributed by atoms with Gasteiger partial charge in [0.2, 0.25) is 11.8 Å². The molecule has 2 heterocycles. The van der Waals surface area contributed by atoms with Crippen LogP contribution in [-0.4, -0.2) is 29.2 Å². The van der Waals surface area contributed by atoms with Gasteiger partial charge in [0.1, 0.15) is 5.82 Å². The van der Waals surface area contributed by atoms with Crippen molar-refractivity contribution in [1.82, 2.24) is 10.2 Å². The van der Waals surface area contributed by atoms with Gasteiger partial charge in [-0.3, -0.25) is 19.3 Å². The third-order valence-electron chi connectivity index (χ3n) is 5.17. The molecule has 2 N–H and O–H groups in total. The molecule has 0 aliphatic carbocycles. The number of hydrogen-bond acceptors (Lipinski definition) is 4. The zero-order valence-electron chi connectivity index (χ0n) is 15.3. The molecule has 2 aliphatic heterocycles. The summed E-state index contributed by atoms with van der Waals surface area (Å²) in [4.78, 5) is 37.1. The molecule has 4 rings (SSSR count). The molecule has 2 aromatic rings. The average Bonchev–Trinajstić information content (AvgIpc) is 3.03. The van der Waals surface area contributed by atoms with Crippen molar-refractivity contribution in [2.24, 2.45) is 0 Å². The van der Waals surface area contributed by atoms with Gasteiger partial charge in [-0.2, -0.15) is 0 Å². The van der Waals surface area contributed by atoms with Gasteiger partial charge in [-0.15, -0.1) is 0 Å². The predicted octanol–water partition coefficient (Wildman–Crippen LogP) is 2.37. The molecule has 3 amide bonds. The van der Waals surface area contributed by atoms with E-state index >= 15 is 0 Å². The zero-order valence-corrected chi connectivity index (χ0v) is 15.3. The van der Waals surface area contributed by atoms with Gasteiger partial charge in [0.25, 0.3) is 5.91 Å². The van der Waals surface area contributed by atoms with E-state index in [0.717, 1.165) is 11.1 Å². The maximum Gasteiger partial charge on any atom is 0.255 e. The number of nitrogens with one attached hydrogen (secondary N) is 2. The van der Waals surface area contributed by atoms with Crippen LogP contribution in [0.5, 0.6) is 0 Å². The Hall–Kier alpha value is -3.06. The summed E-state index contributed by atoms with van der Waals surface area (Å²) in [5, 5.41) is 5.82. The van der Waals surface area contributed by atoms with Gasteiger partial charge >= 0.3 is 0 Å². The van der Waals surface area contributed by atoms with Crippen molar-refractivity contribution in [3.8, 4) is 0 Å².